The van der Waals surface area contributed by atoms with Crippen LogP contribution < -0.4 is 5.32 Å². The van der Waals surface area contributed by atoms with E-state index in [1.165, 1.54) is 48.5 Å². The van der Waals surface area contributed by atoms with Crippen molar-refractivity contribution >= 4 is 23.9 Å². The second-order valence-electron chi connectivity index (χ2n) is 6.77. The van der Waals surface area contributed by atoms with Gasteiger partial charge in [0.1, 0.15) is 0 Å². The molecule has 0 saturated heterocycles. The van der Waals surface area contributed by atoms with Crippen molar-refractivity contribution in [2.45, 2.75) is 31.6 Å². The molecule has 0 heterocycles. The van der Waals surface area contributed by atoms with Crippen LogP contribution in [0.3, 0.4) is 0 Å². The first kappa shape index (κ1) is 27.1. The van der Waals surface area contributed by atoms with E-state index in [2.05, 4.69) is 18.8 Å². The van der Waals surface area contributed by atoms with E-state index in [9.17, 15) is 29.4 Å². The molecule has 0 unspecified atom stereocenters. The van der Waals surface area contributed by atoms with E-state index in [1.807, 2.05) is 13.1 Å². The maximum absolute atomic E-state index is 12.0. The summed E-state index contributed by atoms with van der Waals surface area (Å²) in [6.07, 6.45) is -1.46. The summed E-state index contributed by atoms with van der Waals surface area (Å²) in [6, 6.07) is 15.4. The second kappa shape index (κ2) is 14.2. The van der Waals surface area contributed by atoms with Crippen LogP contribution in [-0.4, -0.2) is 59.4 Å². The Balaban J connectivity index is 0.000000675. The first-order chi connectivity index (χ1) is 15.7. The van der Waals surface area contributed by atoms with Crippen LogP contribution in [0.15, 0.2) is 73.3 Å². The number of carboxylic acids is 2. The minimum atomic E-state index is -2.21. The topological polar surface area (TPSA) is 139 Å². The van der Waals surface area contributed by atoms with Gasteiger partial charge in [0, 0.05) is 6.04 Å². The van der Waals surface area contributed by atoms with Crippen molar-refractivity contribution in [2.24, 2.45) is 0 Å². The molecule has 176 valence electrons. The van der Waals surface area contributed by atoms with Crippen molar-refractivity contribution < 1.29 is 38.9 Å². The molecule has 9 nitrogen and oxygen atoms in total. The van der Waals surface area contributed by atoms with Gasteiger partial charge in [-0.2, -0.15) is 0 Å². The first-order valence-corrected chi connectivity index (χ1v) is 9.97. The molecule has 2 aromatic carbocycles. The van der Waals surface area contributed by atoms with E-state index in [4.69, 9.17) is 9.47 Å². The highest BCUT2D eigenvalue weighted by atomic mass is 16.6. The van der Waals surface area contributed by atoms with Crippen LogP contribution in [0.5, 0.6) is 0 Å². The van der Waals surface area contributed by atoms with E-state index >= 15 is 0 Å². The zero-order valence-electron chi connectivity index (χ0n) is 18.3. The highest BCUT2D eigenvalue weighted by Crippen LogP contribution is 2.13. The molecule has 0 fully saturated rings. The van der Waals surface area contributed by atoms with Gasteiger partial charge in [-0.05, 0) is 44.7 Å². The maximum Gasteiger partial charge on any atom is 0.349 e. The van der Waals surface area contributed by atoms with E-state index in [0.29, 0.717) is 6.04 Å². The van der Waals surface area contributed by atoms with Crippen molar-refractivity contribution in [3.8, 4) is 0 Å². The summed E-state index contributed by atoms with van der Waals surface area (Å²) in [4.78, 5) is 46.8. The Morgan fingerprint density at radius 1 is 0.848 bits per heavy atom. The number of hydrogen-bond acceptors (Lipinski definition) is 7. The third kappa shape index (κ3) is 9.36. The molecule has 3 N–H and O–H groups in total. The standard InChI is InChI=1S/C18H14O8.C6H13N/c19-15(20)13(25-17(23)11-7-3-1-4-8-11)14(16(21)22)26-18(24)12-9-5-2-6-10-12;1-4-5-6(2)7-3/h1-10,13-14H,(H,19,20)(H,21,22);4,6-7H,1,5H2,2-3H3/t13-,14-;6-/m11/s1. The number of ether oxygens (including phenoxy) is 2. The number of hydrogen-bond donors (Lipinski definition) is 3. The number of nitrogens with one attached hydrogen (secondary N) is 1. The molecule has 0 aromatic heterocycles. The number of rotatable bonds is 10. The second-order valence-corrected chi connectivity index (χ2v) is 6.77. The number of esters is 2. The Bertz CT molecular complexity index is 860. The lowest BCUT2D eigenvalue weighted by molar-refractivity contribution is -0.166. The predicted octanol–water partition coefficient (Wildman–Crippen LogP) is 2.78. The summed E-state index contributed by atoms with van der Waals surface area (Å²) in [5.74, 6) is -5.63. The van der Waals surface area contributed by atoms with Gasteiger partial charge in [0.15, 0.2) is 0 Å². The molecule has 0 bridgehead atoms. The van der Waals surface area contributed by atoms with Crippen molar-refractivity contribution in [3.05, 3.63) is 84.4 Å². The molecule has 0 saturated carbocycles. The highest BCUT2D eigenvalue weighted by molar-refractivity contribution is 5.95. The molecule has 0 aliphatic carbocycles. The monoisotopic (exact) mass is 457 g/mol. The van der Waals surface area contributed by atoms with Gasteiger partial charge >= 0.3 is 23.9 Å². The third-order valence-corrected chi connectivity index (χ3v) is 4.26. The van der Waals surface area contributed by atoms with E-state index in [-0.39, 0.29) is 11.1 Å². The zero-order valence-corrected chi connectivity index (χ0v) is 18.3. The molecule has 2 rings (SSSR count). The fourth-order valence-electron chi connectivity index (χ4n) is 2.37. The Kier molecular flexibility index (Phi) is 11.6. The van der Waals surface area contributed by atoms with Crippen LogP contribution >= 0.6 is 0 Å². The number of carboxylic acid groups (broad SMARTS) is 2. The Hall–Kier alpha value is -3.98. The first-order valence-electron chi connectivity index (χ1n) is 9.97. The summed E-state index contributed by atoms with van der Waals surface area (Å²) in [5.41, 5.74) is 0.0505. The lowest BCUT2D eigenvalue weighted by atomic mass is 10.1. The van der Waals surface area contributed by atoms with Gasteiger partial charge in [-0.25, -0.2) is 19.2 Å². The summed E-state index contributed by atoms with van der Waals surface area (Å²) in [5, 5.41) is 21.6. The maximum atomic E-state index is 12.0. The zero-order chi connectivity index (χ0) is 24.8. The van der Waals surface area contributed by atoms with Gasteiger partial charge in [0.25, 0.3) is 0 Å². The molecular formula is C24H27NO8. The van der Waals surface area contributed by atoms with Gasteiger partial charge in [-0.15, -0.1) is 6.58 Å². The Morgan fingerprint density at radius 3 is 1.45 bits per heavy atom. The molecule has 9 heteroatoms. The average Bonchev–Trinajstić information content (AvgIpc) is 2.82. The predicted molar refractivity (Wildman–Crippen MR) is 120 cm³/mol. The van der Waals surface area contributed by atoms with Gasteiger partial charge in [0.05, 0.1) is 11.1 Å². The minimum absolute atomic E-state index is 0.0253. The normalized spacial score (nSPS) is 12.7. The smallest absolute Gasteiger partial charge is 0.349 e. The molecule has 0 aliphatic rings. The molecule has 0 radical (unpaired) electrons. The van der Waals surface area contributed by atoms with Gasteiger partial charge in [0.2, 0.25) is 12.2 Å². The van der Waals surface area contributed by atoms with Crippen LogP contribution in [0.25, 0.3) is 0 Å². The quantitative estimate of drug-likeness (QED) is 0.363. The van der Waals surface area contributed by atoms with Crippen molar-refractivity contribution in [1.82, 2.24) is 5.32 Å². The lowest BCUT2D eigenvalue weighted by Gasteiger charge is -2.21. The lowest BCUT2D eigenvalue weighted by Crippen LogP contribution is -2.45. The number of carbonyl (C=O) groups excluding carboxylic acids is 2. The number of benzene rings is 2. The summed E-state index contributed by atoms with van der Waals surface area (Å²) >= 11 is 0. The van der Waals surface area contributed by atoms with E-state index in [1.54, 1.807) is 12.1 Å². The van der Waals surface area contributed by atoms with Gasteiger partial charge < -0.3 is 25.0 Å². The van der Waals surface area contributed by atoms with Crippen LogP contribution in [0, 0.1) is 0 Å². The van der Waals surface area contributed by atoms with Crippen LogP contribution in [0.2, 0.25) is 0 Å². The Labute approximate surface area is 191 Å². The number of carbonyl (C=O) groups is 4. The summed E-state index contributed by atoms with van der Waals surface area (Å²) in [6.45, 7) is 5.74. The van der Waals surface area contributed by atoms with Crippen molar-refractivity contribution in [3.63, 3.8) is 0 Å². The molecule has 33 heavy (non-hydrogen) atoms. The minimum Gasteiger partial charge on any atom is -0.478 e. The highest BCUT2D eigenvalue weighted by Gasteiger charge is 2.40. The molecule has 0 aliphatic heterocycles. The molecule has 2 aromatic rings. The molecule has 0 amide bonds. The SMILES string of the molecule is C=CC[C@@H](C)NC.O=C(O[C@@H](C(=O)O)[C@@H](OC(=O)c1ccccc1)C(=O)O)c1ccccc1. The van der Waals surface area contributed by atoms with Crippen LogP contribution in [-0.2, 0) is 19.1 Å². The largest absolute Gasteiger partial charge is 0.478 e. The van der Waals surface area contributed by atoms with Crippen LogP contribution in [0.1, 0.15) is 34.1 Å². The molecule has 3 atom stereocenters. The Morgan fingerprint density at radius 2 is 1.21 bits per heavy atom. The van der Waals surface area contributed by atoms with Gasteiger partial charge in [-0.1, -0.05) is 42.5 Å². The van der Waals surface area contributed by atoms with E-state index in [0.717, 1.165) is 6.42 Å². The fourth-order valence-corrected chi connectivity index (χ4v) is 2.37. The molecular weight excluding hydrogens is 430 g/mol. The summed E-state index contributed by atoms with van der Waals surface area (Å²) < 4.78 is 9.52. The summed E-state index contributed by atoms with van der Waals surface area (Å²) in [7, 11) is 1.95. The molecule has 0 spiro atoms. The fraction of sp³-hybridized carbons (Fsp3) is 0.250. The van der Waals surface area contributed by atoms with Crippen molar-refractivity contribution in [1.29, 1.82) is 0 Å². The van der Waals surface area contributed by atoms with Gasteiger partial charge in [-0.3, -0.25) is 0 Å². The van der Waals surface area contributed by atoms with Crippen molar-refractivity contribution in [2.75, 3.05) is 7.05 Å². The number of aliphatic carboxylic acids is 2. The van der Waals surface area contributed by atoms with Crippen LogP contribution in [0.4, 0.5) is 0 Å². The van der Waals surface area contributed by atoms with E-state index < -0.39 is 36.1 Å². The third-order valence-electron chi connectivity index (χ3n) is 4.26. The average molecular weight is 457 g/mol.